The summed E-state index contributed by atoms with van der Waals surface area (Å²) in [6, 6.07) is 0. The third kappa shape index (κ3) is 18.3. The Morgan fingerprint density at radius 3 is 1.22 bits per heavy atom. The van der Waals surface area contributed by atoms with Gasteiger partial charge in [0.25, 0.3) is 0 Å². The molecule has 47 valence electrons. The van der Waals surface area contributed by atoms with E-state index in [1.54, 1.807) is 6.92 Å². The molecule has 0 aliphatic rings. The van der Waals surface area contributed by atoms with Gasteiger partial charge in [-0.05, 0) is 0 Å². The topological polar surface area (TPSA) is 40.5 Å². The SMILES string of the molecule is CC([CH-]O)[CH-]O.[Y].[Y].[Y]. The predicted molar refractivity (Wildman–Crippen MR) is 21.6 cm³/mol. The normalized spacial score (nSPS) is 6.67. The molecule has 0 rings (SSSR count). The van der Waals surface area contributed by atoms with Crippen molar-refractivity contribution in [1.82, 2.24) is 0 Å². The second-order valence-corrected chi connectivity index (χ2v) is 1.16. The van der Waals surface area contributed by atoms with Crippen molar-refractivity contribution in [3.8, 4) is 0 Å². The average molecular weight is 355 g/mol. The van der Waals surface area contributed by atoms with Crippen LogP contribution in [-0.4, -0.2) is 10.2 Å². The molecule has 5 heteroatoms. The predicted octanol–water partition coefficient (Wildman–Crippen LogP) is 0.684. The van der Waals surface area contributed by atoms with E-state index < -0.39 is 0 Å². The molecule has 0 heterocycles. The Labute approximate surface area is 132 Å². The van der Waals surface area contributed by atoms with Crippen molar-refractivity contribution < 1.29 is 108 Å². The van der Waals surface area contributed by atoms with Gasteiger partial charge in [-0.3, -0.25) is 5.92 Å². The minimum atomic E-state index is -0.204. The molecule has 0 saturated carbocycles. The van der Waals surface area contributed by atoms with Gasteiger partial charge in [-0.15, -0.1) is 6.92 Å². The van der Waals surface area contributed by atoms with E-state index in [4.69, 9.17) is 10.2 Å². The summed E-state index contributed by atoms with van der Waals surface area (Å²) in [5.41, 5.74) is 0. The fourth-order valence-electron chi connectivity index (χ4n) is 0.0385. The Hall–Kier alpha value is 3.23. The Morgan fingerprint density at radius 1 is 1.00 bits per heavy atom. The first-order valence-corrected chi connectivity index (χ1v) is 1.76. The van der Waals surface area contributed by atoms with Crippen LogP contribution in [0.5, 0.6) is 0 Å². The van der Waals surface area contributed by atoms with Crippen LogP contribution in [-0.2, 0) is 98.1 Å². The average Bonchev–Trinajstić information content (AvgIpc) is 1.65. The second kappa shape index (κ2) is 17.4. The Morgan fingerprint density at radius 2 is 1.22 bits per heavy atom. The largest absolute Gasteiger partial charge is 0.568 e. The van der Waals surface area contributed by atoms with E-state index in [1.807, 2.05) is 0 Å². The first kappa shape index (κ1) is 22.8. The van der Waals surface area contributed by atoms with Gasteiger partial charge in [0, 0.05) is 98.1 Å². The Balaban J connectivity index is -0.0000000417. The molecule has 0 bridgehead atoms. The van der Waals surface area contributed by atoms with Gasteiger partial charge in [0.1, 0.15) is 0 Å². The van der Waals surface area contributed by atoms with Crippen LogP contribution < -0.4 is 0 Å². The zero-order chi connectivity index (χ0) is 4.99. The van der Waals surface area contributed by atoms with Crippen LogP contribution in [0.1, 0.15) is 6.92 Å². The molecule has 3 radical (unpaired) electrons. The molecule has 0 saturated heterocycles. The monoisotopic (exact) mass is 355 g/mol. The zero-order valence-electron chi connectivity index (χ0n) is 5.36. The summed E-state index contributed by atoms with van der Waals surface area (Å²) < 4.78 is 0. The molecule has 0 spiro atoms. The molecule has 0 aromatic carbocycles. The summed E-state index contributed by atoms with van der Waals surface area (Å²) in [7, 11) is 0. The Bertz CT molecular complexity index is 33.0. The zero-order valence-corrected chi connectivity index (χ0v) is 13.9. The van der Waals surface area contributed by atoms with Gasteiger partial charge in [-0.2, -0.15) is 0 Å². The summed E-state index contributed by atoms with van der Waals surface area (Å²) in [6.07, 6.45) is 0. The molecule has 2 N–H and O–H groups in total. The van der Waals surface area contributed by atoms with Crippen molar-refractivity contribution >= 4 is 0 Å². The molecule has 9 heavy (non-hydrogen) atoms. The van der Waals surface area contributed by atoms with Gasteiger partial charge in [-0.1, -0.05) is 0 Å². The standard InChI is InChI=1S/C4H8O2.3Y/c1-4(2-5)3-6;;;/h2-6H,1H3;;;/q-2;;;. The van der Waals surface area contributed by atoms with Gasteiger partial charge in [0.05, 0.1) is 0 Å². The summed E-state index contributed by atoms with van der Waals surface area (Å²) >= 11 is 0. The quantitative estimate of drug-likeness (QED) is 0.716. The van der Waals surface area contributed by atoms with E-state index in [2.05, 4.69) is 0 Å². The Kier molecular flexibility index (Phi) is 43.9. The molecule has 0 aliphatic carbocycles. The minimum absolute atomic E-state index is 0. The number of aliphatic hydroxyl groups is 2. The van der Waals surface area contributed by atoms with E-state index in [1.165, 1.54) is 0 Å². The smallest absolute Gasteiger partial charge is 0 e. The van der Waals surface area contributed by atoms with Gasteiger partial charge < -0.3 is 10.2 Å². The molecular formula is C4H8O2Y3-2. The molecule has 0 fully saturated rings. The van der Waals surface area contributed by atoms with Gasteiger partial charge in [0.15, 0.2) is 0 Å². The summed E-state index contributed by atoms with van der Waals surface area (Å²) in [6.45, 7) is 3.50. The van der Waals surface area contributed by atoms with Crippen LogP contribution in [0.15, 0.2) is 0 Å². The van der Waals surface area contributed by atoms with Gasteiger partial charge in [0.2, 0.25) is 0 Å². The molecule has 2 nitrogen and oxygen atoms in total. The van der Waals surface area contributed by atoms with Crippen molar-refractivity contribution in [1.29, 1.82) is 0 Å². The van der Waals surface area contributed by atoms with Crippen molar-refractivity contribution in [3.63, 3.8) is 0 Å². The van der Waals surface area contributed by atoms with Crippen LogP contribution in [0.3, 0.4) is 0 Å². The minimum Gasteiger partial charge on any atom is -0.568 e. The molecule has 0 amide bonds. The maximum absolute atomic E-state index is 8.02. The summed E-state index contributed by atoms with van der Waals surface area (Å²) in [4.78, 5) is 0. The van der Waals surface area contributed by atoms with Gasteiger partial charge in [-0.25, -0.2) is 13.2 Å². The van der Waals surface area contributed by atoms with Crippen LogP contribution in [0.25, 0.3) is 0 Å². The van der Waals surface area contributed by atoms with E-state index in [9.17, 15) is 0 Å². The number of rotatable bonds is 2. The molecule has 0 unspecified atom stereocenters. The molecule has 0 atom stereocenters. The van der Waals surface area contributed by atoms with Crippen LogP contribution >= 0.6 is 0 Å². The third-order valence-electron chi connectivity index (χ3n) is 0.470. The molecule has 0 aliphatic heterocycles. The number of hydrogen-bond acceptors (Lipinski definition) is 2. The summed E-state index contributed by atoms with van der Waals surface area (Å²) in [5, 5.41) is 16.0. The molecular weight excluding hydrogens is 347 g/mol. The van der Waals surface area contributed by atoms with Crippen LogP contribution in [0.4, 0.5) is 0 Å². The fraction of sp³-hybridized carbons (Fsp3) is 0.500. The van der Waals surface area contributed by atoms with Crippen molar-refractivity contribution in [2.24, 2.45) is 5.92 Å². The van der Waals surface area contributed by atoms with Gasteiger partial charge >= 0.3 is 0 Å². The van der Waals surface area contributed by atoms with E-state index >= 15 is 0 Å². The fourth-order valence-corrected chi connectivity index (χ4v) is 0.0385. The second-order valence-electron chi connectivity index (χ2n) is 1.16. The maximum atomic E-state index is 8.02. The van der Waals surface area contributed by atoms with E-state index in [-0.39, 0.29) is 104 Å². The number of aliphatic hydroxyl groups excluding tert-OH is 2. The van der Waals surface area contributed by atoms with Crippen LogP contribution in [0, 0.1) is 19.1 Å². The summed E-state index contributed by atoms with van der Waals surface area (Å²) in [5.74, 6) is -0.204. The molecule has 0 aromatic rings. The number of hydrogen-bond donors (Lipinski definition) is 2. The molecule has 0 aromatic heterocycles. The van der Waals surface area contributed by atoms with Crippen molar-refractivity contribution in [2.45, 2.75) is 6.92 Å². The maximum Gasteiger partial charge on any atom is 0 e. The van der Waals surface area contributed by atoms with Crippen molar-refractivity contribution in [3.05, 3.63) is 13.2 Å². The van der Waals surface area contributed by atoms with E-state index in [0.29, 0.717) is 0 Å². The first-order chi connectivity index (χ1) is 2.81. The van der Waals surface area contributed by atoms with Crippen molar-refractivity contribution in [2.75, 3.05) is 0 Å². The first-order valence-electron chi connectivity index (χ1n) is 1.76. The third-order valence-corrected chi connectivity index (χ3v) is 0.470. The van der Waals surface area contributed by atoms with Crippen LogP contribution in [0.2, 0.25) is 0 Å². The van der Waals surface area contributed by atoms with E-state index in [0.717, 1.165) is 13.2 Å².